The summed E-state index contributed by atoms with van der Waals surface area (Å²) in [6, 6.07) is 8.70. The lowest BCUT2D eigenvalue weighted by Gasteiger charge is -2.13. The number of para-hydroxylation sites is 1. The molecule has 2 aromatic rings. The summed E-state index contributed by atoms with van der Waals surface area (Å²) < 4.78 is 2.34. The Balaban J connectivity index is 2.11. The average Bonchev–Trinajstić information content (AvgIpc) is 2.85. The number of hydrogen-bond donors (Lipinski definition) is 1. The molecule has 0 radical (unpaired) electrons. The van der Waals surface area contributed by atoms with Crippen molar-refractivity contribution in [3.05, 3.63) is 54.3 Å². The summed E-state index contributed by atoms with van der Waals surface area (Å²) in [5.74, 6) is 0. The second kappa shape index (κ2) is 5.45. The zero-order valence-corrected chi connectivity index (χ0v) is 11.4. The standard InChI is InChI=1S/C17H20N2/c1-2-3-12-19-13-16(14-8-10-18-11-9-14)15-6-4-5-7-17(15)19/h2-8,13,18H,9-12H2,1H3/b3-2+. The van der Waals surface area contributed by atoms with Gasteiger partial charge in [0.05, 0.1) is 0 Å². The Hall–Kier alpha value is -1.80. The first-order chi connectivity index (χ1) is 9.40. The van der Waals surface area contributed by atoms with E-state index in [-0.39, 0.29) is 0 Å². The lowest BCUT2D eigenvalue weighted by atomic mass is 10.00. The molecule has 0 aliphatic carbocycles. The van der Waals surface area contributed by atoms with Crippen molar-refractivity contribution in [2.75, 3.05) is 13.1 Å². The van der Waals surface area contributed by atoms with Crippen molar-refractivity contribution >= 4 is 16.5 Å². The van der Waals surface area contributed by atoms with Gasteiger partial charge < -0.3 is 9.88 Å². The molecule has 98 valence electrons. The highest BCUT2D eigenvalue weighted by atomic mass is 15.0. The SMILES string of the molecule is C/C=C/Cn1cc(C2=CCNCC2)c2ccccc21. The van der Waals surface area contributed by atoms with E-state index in [1.807, 2.05) is 0 Å². The van der Waals surface area contributed by atoms with Crippen LogP contribution < -0.4 is 5.32 Å². The van der Waals surface area contributed by atoms with Crippen LogP contribution in [-0.4, -0.2) is 17.7 Å². The van der Waals surface area contributed by atoms with E-state index in [1.54, 1.807) is 0 Å². The van der Waals surface area contributed by atoms with Crippen LogP contribution in [0.2, 0.25) is 0 Å². The van der Waals surface area contributed by atoms with Gasteiger partial charge in [0.2, 0.25) is 0 Å². The Kier molecular flexibility index (Phi) is 3.51. The maximum absolute atomic E-state index is 3.38. The first-order valence-corrected chi connectivity index (χ1v) is 6.99. The van der Waals surface area contributed by atoms with Gasteiger partial charge in [-0.1, -0.05) is 36.4 Å². The third-order valence-electron chi connectivity index (χ3n) is 3.74. The van der Waals surface area contributed by atoms with Crippen LogP contribution in [0.4, 0.5) is 0 Å². The molecular formula is C17H20N2. The summed E-state index contributed by atoms with van der Waals surface area (Å²) in [5.41, 5.74) is 4.21. The fraction of sp³-hybridized carbons (Fsp3) is 0.294. The molecule has 0 saturated carbocycles. The van der Waals surface area contributed by atoms with E-state index >= 15 is 0 Å². The van der Waals surface area contributed by atoms with Crippen LogP contribution in [0.5, 0.6) is 0 Å². The number of benzene rings is 1. The largest absolute Gasteiger partial charge is 0.343 e. The molecule has 1 aromatic carbocycles. The predicted octanol–water partition coefficient (Wildman–Crippen LogP) is 3.59. The van der Waals surface area contributed by atoms with E-state index in [1.165, 1.54) is 22.0 Å². The first kappa shape index (κ1) is 12.2. The minimum Gasteiger partial charge on any atom is -0.343 e. The predicted molar refractivity (Wildman–Crippen MR) is 82.2 cm³/mol. The molecular weight excluding hydrogens is 232 g/mol. The highest BCUT2D eigenvalue weighted by Gasteiger charge is 2.12. The summed E-state index contributed by atoms with van der Waals surface area (Å²) in [4.78, 5) is 0. The van der Waals surface area contributed by atoms with Gasteiger partial charge in [0.25, 0.3) is 0 Å². The maximum atomic E-state index is 3.38. The van der Waals surface area contributed by atoms with Gasteiger partial charge in [0, 0.05) is 35.8 Å². The van der Waals surface area contributed by atoms with Gasteiger partial charge in [0.15, 0.2) is 0 Å². The molecule has 0 bridgehead atoms. The summed E-state index contributed by atoms with van der Waals surface area (Å²) in [6.45, 7) is 5.09. The Bertz CT molecular complexity index is 632. The normalized spacial score (nSPS) is 16.2. The van der Waals surface area contributed by atoms with Gasteiger partial charge in [-0.2, -0.15) is 0 Å². The van der Waals surface area contributed by atoms with Gasteiger partial charge in [-0.25, -0.2) is 0 Å². The lowest BCUT2D eigenvalue weighted by molar-refractivity contribution is 0.738. The van der Waals surface area contributed by atoms with Crippen LogP contribution in [0.1, 0.15) is 18.9 Å². The van der Waals surface area contributed by atoms with Crippen LogP contribution in [0, 0.1) is 0 Å². The van der Waals surface area contributed by atoms with E-state index in [4.69, 9.17) is 0 Å². The molecule has 0 fully saturated rings. The summed E-state index contributed by atoms with van der Waals surface area (Å²) in [6.07, 6.45) is 10.1. The number of allylic oxidation sites excluding steroid dienone is 2. The number of nitrogens with one attached hydrogen (secondary N) is 1. The summed E-state index contributed by atoms with van der Waals surface area (Å²) in [5, 5.41) is 4.75. The molecule has 0 atom stereocenters. The van der Waals surface area contributed by atoms with E-state index in [0.717, 1.165) is 26.1 Å². The van der Waals surface area contributed by atoms with Crippen molar-refractivity contribution < 1.29 is 0 Å². The zero-order chi connectivity index (χ0) is 13.1. The molecule has 0 spiro atoms. The van der Waals surface area contributed by atoms with E-state index < -0.39 is 0 Å². The maximum Gasteiger partial charge on any atom is 0.0489 e. The molecule has 2 heteroatoms. The van der Waals surface area contributed by atoms with Crippen LogP contribution in [0.3, 0.4) is 0 Å². The topological polar surface area (TPSA) is 17.0 Å². The zero-order valence-electron chi connectivity index (χ0n) is 11.4. The number of fused-ring (bicyclic) bond motifs is 1. The fourth-order valence-corrected chi connectivity index (χ4v) is 2.74. The highest BCUT2D eigenvalue weighted by molar-refractivity contribution is 5.93. The molecule has 2 heterocycles. The molecule has 2 nitrogen and oxygen atoms in total. The Morgan fingerprint density at radius 3 is 3.00 bits per heavy atom. The summed E-state index contributed by atoms with van der Waals surface area (Å²) >= 11 is 0. The van der Waals surface area contributed by atoms with Crippen molar-refractivity contribution in [3.8, 4) is 0 Å². The third-order valence-corrected chi connectivity index (χ3v) is 3.74. The molecule has 3 rings (SSSR count). The van der Waals surface area contributed by atoms with Crippen LogP contribution in [-0.2, 0) is 6.54 Å². The van der Waals surface area contributed by atoms with E-state index in [9.17, 15) is 0 Å². The van der Waals surface area contributed by atoms with Gasteiger partial charge in [-0.3, -0.25) is 0 Å². The van der Waals surface area contributed by atoms with E-state index in [0.29, 0.717) is 0 Å². The van der Waals surface area contributed by atoms with Crippen molar-refractivity contribution in [3.63, 3.8) is 0 Å². The first-order valence-electron chi connectivity index (χ1n) is 6.99. The van der Waals surface area contributed by atoms with Gasteiger partial charge in [0.1, 0.15) is 0 Å². The molecule has 1 aromatic heterocycles. The number of nitrogens with zero attached hydrogens (tertiary/aromatic N) is 1. The number of rotatable bonds is 3. The second-order valence-corrected chi connectivity index (χ2v) is 4.96. The minimum absolute atomic E-state index is 0.947. The van der Waals surface area contributed by atoms with Crippen molar-refractivity contribution in [2.24, 2.45) is 0 Å². The quantitative estimate of drug-likeness (QED) is 0.826. The molecule has 1 aliphatic rings. The Morgan fingerprint density at radius 1 is 1.32 bits per heavy atom. The monoisotopic (exact) mass is 252 g/mol. The minimum atomic E-state index is 0.947. The van der Waals surface area contributed by atoms with E-state index in [2.05, 4.69) is 65.5 Å². The van der Waals surface area contributed by atoms with Crippen LogP contribution >= 0.6 is 0 Å². The lowest BCUT2D eigenvalue weighted by Crippen LogP contribution is -2.19. The Labute approximate surface area is 114 Å². The molecule has 0 amide bonds. The highest BCUT2D eigenvalue weighted by Crippen LogP contribution is 2.29. The van der Waals surface area contributed by atoms with Gasteiger partial charge >= 0.3 is 0 Å². The smallest absolute Gasteiger partial charge is 0.0489 e. The number of hydrogen-bond acceptors (Lipinski definition) is 1. The van der Waals surface area contributed by atoms with Crippen molar-refractivity contribution in [1.82, 2.24) is 9.88 Å². The van der Waals surface area contributed by atoms with Gasteiger partial charge in [-0.15, -0.1) is 0 Å². The molecule has 19 heavy (non-hydrogen) atoms. The fourth-order valence-electron chi connectivity index (χ4n) is 2.74. The van der Waals surface area contributed by atoms with Crippen molar-refractivity contribution in [2.45, 2.75) is 19.9 Å². The molecule has 0 saturated heterocycles. The molecule has 1 aliphatic heterocycles. The van der Waals surface area contributed by atoms with Crippen LogP contribution in [0.25, 0.3) is 16.5 Å². The average molecular weight is 252 g/mol. The molecule has 0 unspecified atom stereocenters. The van der Waals surface area contributed by atoms with Gasteiger partial charge in [-0.05, 0) is 31.5 Å². The third kappa shape index (κ3) is 2.36. The van der Waals surface area contributed by atoms with Crippen LogP contribution in [0.15, 0.2) is 48.7 Å². The number of aromatic nitrogens is 1. The Morgan fingerprint density at radius 2 is 2.21 bits per heavy atom. The van der Waals surface area contributed by atoms with Crippen molar-refractivity contribution in [1.29, 1.82) is 0 Å². The molecule has 1 N–H and O–H groups in total. The summed E-state index contributed by atoms with van der Waals surface area (Å²) in [7, 11) is 0. The second-order valence-electron chi connectivity index (χ2n) is 4.96.